The van der Waals surface area contributed by atoms with Crippen LogP contribution in [-0.4, -0.2) is 19.5 Å². The molecule has 1 saturated carbocycles. The maximum absolute atomic E-state index is 9.73. The molecule has 0 radical (unpaired) electrons. The lowest BCUT2D eigenvalue weighted by Gasteiger charge is -2.21. The molecular formula is C16H23N3O. The Morgan fingerprint density at radius 2 is 2.05 bits per heavy atom. The van der Waals surface area contributed by atoms with Crippen LogP contribution in [0, 0.1) is 0 Å². The number of aliphatic hydroxyl groups excluding tert-OH is 1. The first-order valence-corrected chi connectivity index (χ1v) is 7.61. The summed E-state index contributed by atoms with van der Waals surface area (Å²) in [7, 11) is 0. The van der Waals surface area contributed by atoms with Crippen molar-refractivity contribution < 1.29 is 5.11 Å². The van der Waals surface area contributed by atoms with Crippen molar-refractivity contribution in [2.45, 2.75) is 57.7 Å². The summed E-state index contributed by atoms with van der Waals surface area (Å²) in [5.41, 5.74) is 2.01. The first kappa shape index (κ1) is 13.4. The largest absolute Gasteiger partial charge is 0.387 e. The first-order valence-electron chi connectivity index (χ1n) is 7.61. The van der Waals surface area contributed by atoms with E-state index in [4.69, 9.17) is 5.10 Å². The van der Waals surface area contributed by atoms with Crippen LogP contribution in [0.25, 0.3) is 0 Å². The Hall–Kier alpha value is -1.55. The van der Waals surface area contributed by atoms with E-state index in [1.807, 2.05) is 18.3 Å². The highest BCUT2D eigenvalue weighted by molar-refractivity contribution is 5.12. The van der Waals surface area contributed by atoms with Crippen molar-refractivity contribution in [3.63, 3.8) is 0 Å². The Labute approximate surface area is 120 Å². The molecule has 1 unspecified atom stereocenters. The predicted molar refractivity (Wildman–Crippen MR) is 78.5 cm³/mol. The summed E-state index contributed by atoms with van der Waals surface area (Å²) in [5, 5.41) is 14.5. The average Bonchev–Trinajstić information content (AvgIpc) is 3.09. The summed E-state index contributed by atoms with van der Waals surface area (Å²) in [6, 6.07) is 6.61. The minimum Gasteiger partial charge on any atom is -0.387 e. The number of hydrogen-bond acceptors (Lipinski definition) is 2. The van der Waals surface area contributed by atoms with Crippen LogP contribution in [0.2, 0.25) is 0 Å². The Morgan fingerprint density at radius 1 is 1.25 bits per heavy atom. The highest BCUT2D eigenvalue weighted by atomic mass is 16.3. The molecule has 1 N–H and O–H groups in total. The predicted octanol–water partition coefficient (Wildman–Crippen LogP) is 3.29. The van der Waals surface area contributed by atoms with E-state index in [0.717, 1.165) is 17.9 Å². The minimum absolute atomic E-state index is 0.439. The Morgan fingerprint density at radius 3 is 2.80 bits per heavy atom. The lowest BCUT2D eigenvalue weighted by Crippen LogP contribution is -2.14. The molecule has 1 fully saturated rings. The van der Waals surface area contributed by atoms with Crippen LogP contribution in [0.5, 0.6) is 0 Å². The SMILES string of the molecule is CC(O)c1cccn1Cc1ccn(C2CCCCC2)n1. The number of rotatable bonds is 4. The van der Waals surface area contributed by atoms with Gasteiger partial charge in [-0.1, -0.05) is 19.3 Å². The van der Waals surface area contributed by atoms with Crippen LogP contribution in [0.1, 0.15) is 62.6 Å². The van der Waals surface area contributed by atoms with Gasteiger partial charge in [0.1, 0.15) is 0 Å². The number of aromatic nitrogens is 3. The smallest absolute Gasteiger partial charge is 0.0911 e. The van der Waals surface area contributed by atoms with Crippen molar-refractivity contribution in [1.82, 2.24) is 14.3 Å². The van der Waals surface area contributed by atoms with Gasteiger partial charge < -0.3 is 9.67 Å². The Kier molecular flexibility index (Phi) is 3.92. The second kappa shape index (κ2) is 5.83. The monoisotopic (exact) mass is 273 g/mol. The lowest BCUT2D eigenvalue weighted by molar-refractivity contribution is 0.189. The maximum atomic E-state index is 9.73. The molecule has 1 aliphatic rings. The van der Waals surface area contributed by atoms with Crippen LogP contribution < -0.4 is 0 Å². The fourth-order valence-corrected chi connectivity index (χ4v) is 3.14. The van der Waals surface area contributed by atoms with Crippen LogP contribution in [0.3, 0.4) is 0 Å². The number of nitrogens with zero attached hydrogens (tertiary/aromatic N) is 3. The molecule has 4 nitrogen and oxygen atoms in total. The molecule has 108 valence electrons. The molecule has 4 heteroatoms. The zero-order valence-electron chi connectivity index (χ0n) is 12.1. The van der Waals surface area contributed by atoms with Crippen molar-refractivity contribution in [2.24, 2.45) is 0 Å². The van der Waals surface area contributed by atoms with E-state index >= 15 is 0 Å². The molecule has 0 spiro atoms. The number of aliphatic hydroxyl groups is 1. The quantitative estimate of drug-likeness (QED) is 0.929. The van der Waals surface area contributed by atoms with Crippen molar-refractivity contribution in [3.8, 4) is 0 Å². The Balaban J connectivity index is 1.72. The van der Waals surface area contributed by atoms with E-state index in [0.29, 0.717) is 6.04 Å². The third kappa shape index (κ3) is 2.80. The summed E-state index contributed by atoms with van der Waals surface area (Å²) in [6.45, 7) is 2.53. The molecule has 0 amide bonds. The van der Waals surface area contributed by atoms with E-state index in [2.05, 4.69) is 21.5 Å². The molecule has 2 heterocycles. The molecule has 0 bridgehead atoms. The van der Waals surface area contributed by atoms with Crippen molar-refractivity contribution >= 4 is 0 Å². The summed E-state index contributed by atoms with van der Waals surface area (Å²) in [6.07, 6.45) is 10.2. The van der Waals surface area contributed by atoms with Gasteiger partial charge >= 0.3 is 0 Å². The van der Waals surface area contributed by atoms with Crippen LogP contribution in [0.15, 0.2) is 30.6 Å². The second-order valence-electron chi connectivity index (χ2n) is 5.82. The Bertz CT molecular complexity index is 550. The molecule has 0 aliphatic heterocycles. The molecule has 1 aliphatic carbocycles. The van der Waals surface area contributed by atoms with Crippen molar-refractivity contribution in [1.29, 1.82) is 0 Å². The van der Waals surface area contributed by atoms with Gasteiger partial charge in [0.2, 0.25) is 0 Å². The average molecular weight is 273 g/mol. The highest BCUT2D eigenvalue weighted by Crippen LogP contribution is 2.27. The summed E-state index contributed by atoms with van der Waals surface area (Å²) in [4.78, 5) is 0. The van der Waals surface area contributed by atoms with Gasteiger partial charge in [-0.05, 0) is 38.0 Å². The third-order valence-corrected chi connectivity index (χ3v) is 4.24. The molecule has 3 rings (SSSR count). The molecule has 20 heavy (non-hydrogen) atoms. The van der Waals surface area contributed by atoms with Gasteiger partial charge in [-0.2, -0.15) is 5.10 Å². The molecule has 2 aromatic rings. The minimum atomic E-state index is -0.439. The van der Waals surface area contributed by atoms with Crippen LogP contribution in [0.4, 0.5) is 0 Å². The lowest BCUT2D eigenvalue weighted by atomic mass is 9.96. The maximum Gasteiger partial charge on any atom is 0.0911 e. The van der Waals surface area contributed by atoms with Gasteiger partial charge in [-0.25, -0.2) is 0 Å². The summed E-state index contributed by atoms with van der Waals surface area (Å²) < 4.78 is 4.21. The standard InChI is InChI=1S/C16H23N3O/c1-13(20)16-8-5-10-18(16)12-14-9-11-19(17-14)15-6-3-2-4-7-15/h5,8-11,13,15,20H,2-4,6-7,12H2,1H3. The van der Waals surface area contributed by atoms with Gasteiger partial charge in [-0.3, -0.25) is 4.68 Å². The van der Waals surface area contributed by atoms with E-state index < -0.39 is 6.10 Å². The third-order valence-electron chi connectivity index (χ3n) is 4.24. The molecule has 2 aromatic heterocycles. The molecule has 1 atom stereocenters. The van der Waals surface area contributed by atoms with Gasteiger partial charge in [0.25, 0.3) is 0 Å². The van der Waals surface area contributed by atoms with Gasteiger partial charge in [0.05, 0.1) is 24.4 Å². The van der Waals surface area contributed by atoms with Gasteiger partial charge in [0, 0.05) is 18.1 Å². The van der Waals surface area contributed by atoms with Crippen molar-refractivity contribution in [3.05, 3.63) is 42.0 Å². The molecular weight excluding hydrogens is 250 g/mol. The van der Waals surface area contributed by atoms with Gasteiger partial charge in [-0.15, -0.1) is 0 Å². The second-order valence-corrected chi connectivity index (χ2v) is 5.82. The van der Waals surface area contributed by atoms with Crippen LogP contribution >= 0.6 is 0 Å². The summed E-state index contributed by atoms with van der Waals surface area (Å²) in [5.74, 6) is 0. The zero-order chi connectivity index (χ0) is 13.9. The van der Waals surface area contributed by atoms with Gasteiger partial charge in [0.15, 0.2) is 0 Å². The normalized spacial score (nSPS) is 18.3. The van der Waals surface area contributed by atoms with E-state index in [1.54, 1.807) is 6.92 Å². The van der Waals surface area contributed by atoms with E-state index in [-0.39, 0.29) is 0 Å². The topological polar surface area (TPSA) is 43.0 Å². The molecule has 0 saturated heterocycles. The van der Waals surface area contributed by atoms with Crippen molar-refractivity contribution in [2.75, 3.05) is 0 Å². The van der Waals surface area contributed by atoms with E-state index in [9.17, 15) is 5.11 Å². The van der Waals surface area contributed by atoms with Crippen LogP contribution in [-0.2, 0) is 6.54 Å². The number of hydrogen-bond donors (Lipinski definition) is 1. The fourth-order valence-electron chi connectivity index (χ4n) is 3.14. The fraction of sp³-hybridized carbons (Fsp3) is 0.562. The first-order chi connectivity index (χ1) is 9.74. The highest BCUT2D eigenvalue weighted by Gasteiger charge is 2.16. The zero-order valence-corrected chi connectivity index (χ0v) is 12.1. The van der Waals surface area contributed by atoms with E-state index in [1.165, 1.54) is 32.1 Å². The molecule has 0 aromatic carbocycles. The summed E-state index contributed by atoms with van der Waals surface area (Å²) >= 11 is 0.